The van der Waals surface area contributed by atoms with Crippen molar-refractivity contribution in [2.24, 2.45) is 0 Å². The molecular weight excluding hydrogens is 372 g/mol. The molecule has 1 amide bonds. The smallest absolute Gasteiger partial charge is 0.261 e. The van der Waals surface area contributed by atoms with Gasteiger partial charge < -0.3 is 15.0 Å². The third kappa shape index (κ3) is 3.80. The highest BCUT2D eigenvalue weighted by Crippen LogP contribution is 2.35. The molecule has 1 aromatic carbocycles. The molecule has 6 nitrogen and oxygen atoms in total. The van der Waals surface area contributed by atoms with E-state index >= 15 is 0 Å². The third-order valence-electron chi connectivity index (χ3n) is 4.78. The number of methoxy groups -OCH3 is 1. The summed E-state index contributed by atoms with van der Waals surface area (Å²) in [5.41, 5.74) is 1.87. The number of carbonyl (C=O) groups excluding carboxylic acids is 1. The predicted octanol–water partition coefficient (Wildman–Crippen LogP) is 4.09. The number of para-hydroxylation sites is 1. The lowest BCUT2D eigenvalue weighted by Crippen LogP contribution is -2.24. The van der Waals surface area contributed by atoms with Gasteiger partial charge in [0.05, 0.1) is 17.4 Å². The minimum Gasteiger partial charge on any atom is -0.496 e. The van der Waals surface area contributed by atoms with Gasteiger partial charge in [-0.3, -0.25) is 4.79 Å². The second kappa shape index (κ2) is 8.56. The molecule has 0 unspecified atom stereocenters. The number of amides is 1. The summed E-state index contributed by atoms with van der Waals surface area (Å²) >= 11 is 1.42. The molecule has 148 valence electrons. The number of hydrogen-bond donors (Lipinski definition) is 1. The monoisotopic (exact) mass is 398 g/mol. The molecule has 0 saturated carbocycles. The summed E-state index contributed by atoms with van der Waals surface area (Å²) in [7, 11) is 1.63. The molecule has 0 radical (unpaired) electrons. The van der Waals surface area contributed by atoms with E-state index in [0.717, 1.165) is 51.8 Å². The molecule has 1 N–H and O–H groups in total. The largest absolute Gasteiger partial charge is 0.496 e. The number of fused-ring (bicyclic) bond motifs is 1. The summed E-state index contributed by atoms with van der Waals surface area (Å²) in [6.07, 6.45) is 0. The standard InChI is InChI=1S/C21H26N4O2S/c1-6-25(7-2)19-17-13(3)18(28-21(17)24-14(4)23-19)20(26)22-12-15-10-8-9-11-16(15)27-5/h8-11H,6-7,12H2,1-5H3,(H,22,26). The summed E-state index contributed by atoms with van der Waals surface area (Å²) in [5, 5.41) is 3.99. The van der Waals surface area contributed by atoms with Crippen LogP contribution in [0.4, 0.5) is 5.82 Å². The van der Waals surface area contributed by atoms with Gasteiger partial charge in [-0.25, -0.2) is 9.97 Å². The second-order valence-electron chi connectivity index (χ2n) is 6.50. The lowest BCUT2D eigenvalue weighted by molar-refractivity contribution is 0.0954. The average Bonchev–Trinajstić information content (AvgIpc) is 3.03. The van der Waals surface area contributed by atoms with Gasteiger partial charge in [-0.05, 0) is 39.3 Å². The van der Waals surface area contributed by atoms with Crippen molar-refractivity contribution < 1.29 is 9.53 Å². The van der Waals surface area contributed by atoms with Crippen LogP contribution in [0.1, 0.15) is 40.5 Å². The van der Waals surface area contributed by atoms with E-state index in [0.29, 0.717) is 11.4 Å². The molecule has 3 rings (SSSR count). The summed E-state index contributed by atoms with van der Waals surface area (Å²) < 4.78 is 5.36. The van der Waals surface area contributed by atoms with Crippen LogP contribution in [0.2, 0.25) is 0 Å². The summed E-state index contributed by atoms with van der Waals surface area (Å²) in [6, 6.07) is 7.69. The Balaban J connectivity index is 1.94. The molecule has 2 aromatic heterocycles. The topological polar surface area (TPSA) is 67.4 Å². The van der Waals surface area contributed by atoms with E-state index in [4.69, 9.17) is 4.74 Å². The first-order valence-corrected chi connectivity index (χ1v) is 10.2. The van der Waals surface area contributed by atoms with Crippen LogP contribution in [0.3, 0.4) is 0 Å². The van der Waals surface area contributed by atoms with Crippen LogP contribution < -0.4 is 15.0 Å². The van der Waals surface area contributed by atoms with Crippen molar-refractivity contribution in [1.29, 1.82) is 0 Å². The van der Waals surface area contributed by atoms with Crippen molar-refractivity contribution in [2.75, 3.05) is 25.1 Å². The summed E-state index contributed by atoms with van der Waals surface area (Å²) in [5.74, 6) is 2.29. The number of benzene rings is 1. The Labute approximate surface area is 169 Å². The van der Waals surface area contributed by atoms with Gasteiger partial charge in [0, 0.05) is 25.2 Å². The number of aryl methyl sites for hydroxylation is 2. The maximum Gasteiger partial charge on any atom is 0.261 e. The molecule has 0 atom stereocenters. The molecule has 3 aromatic rings. The number of nitrogens with one attached hydrogen (secondary N) is 1. The first kappa shape index (κ1) is 20.1. The van der Waals surface area contributed by atoms with Gasteiger partial charge in [0.25, 0.3) is 5.91 Å². The average molecular weight is 399 g/mol. The van der Waals surface area contributed by atoms with Crippen molar-refractivity contribution in [2.45, 2.75) is 34.2 Å². The van der Waals surface area contributed by atoms with E-state index in [1.54, 1.807) is 7.11 Å². The van der Waals surface area contributed by atoms with Crippen LogP contribution in [0.15, 0.2) is 24.3 Å². The van der Waals surface area contributed by atoms with Crippen LogP contribution in [0.25, 0.3) is 10.2 Å². The van der Waals surface area contributed by atoms with Crippen LogP contribution in [0, 0.1) is 13.8 Å². The number of hydrogen-bond acceptors (Lipinski definition) is 6. The van der Waals surface area contributed by atoms with Crippen molar-refractivity contribution >= 4 is 33.3 Å². The van der Waals surface area contributed by atoms with Crippen LogP contribution in [-0.2, 0) is 6.54 Å². The van der Waals surface area contributed by atoms with Gasteiger partial charge in [0.2, 0.25) is 0 Å². The van der Waals surface area contributed by atoms with E-state index in [1.165, 1.54) is 11.3 Å². The van der Waals surface area contributed by atoms with Gasteiger partial charge in [-0.1, -0.05) is 18.2 Å². The number of anilines is 1. The number of aromatic nitrogens is 2. The fourth-order valence-electron chi connectivity index (χ4n) is 3.29. The first-order chi connectivity index (χ1) is 13.5. The van der Waals surface area contributed by atoms with Crippen molar-refractivity contribution in [3.63, 3.8) is 0 Å². The Bertz CT molecular complexity index is 995. The zero-order chi connectivity index (χ0) is 20.3. The lowest BCUT2D eigenvalue weighted by atomic mass is 10.1. The van der Waals surface area contributed by atoms with Gasteiger partial charge >= 0.3 is 0 Å². The van der Waals surface area contributed by atoms with Gasteiger partial charge in [-0.2, -0.15) is 0 Å². The highest BCUT2D eigenvalue weighted by atomic mass is 32.1. The fourth-order valence-corrected chi connectivity index (χ4v) is 4.43. The molecule has 2 heterocycles. The molecule has 0 saturated heterocycles. The molecule has 0 fully saturated rings. The minimum absolute atomic E-state index is 0.102. The van der Waals surface area contributed by atoms with Crippen molar-refractivity contribution in [3.8, 4) is 5.75 Å². The Morgan fingerprint density at radius 1 is 1.18 bits per heavy atom. The highest BCUT2D eigenvalue weighted by molar-refractivity contribution is 7.20. The zero-order valence-electron chi connectivity index (χ0n) is 17.0. The molecule has 0 bridgehead atoms. The second-order valence-corrected chi connectivity index (χ2v) is 7.50. The molecular formula is C21H26N4O2S. The lowest BCUT2D eigenvalue weighted by Gasteiger charge is -2.21. The maximum atomic E-state index is 12.9. The van der Waals surface area contributed by atoms with E-state index in [-0.39, 0.29) is 5.91 Å². The number of rotatable bonds is 7. The van der Waals surface area contributed by atoms with Crippen LogP contribution in [0.5, 0.6) is 5.75 Å². The Hall–Kier alpha value is -2.67. The number of carbonyl (C=O) groups is 1. The van der Waals surface area contributed by atoms with E-state index in [9.17, 15) is 4.79 Å². The molecule has 0 aliphatic carbocycles. The quantitative estimate of drug-likeness (QED) is 0.649. The highest BCUT2D eigenvalue weighted by Gasteiger charge is 2.22. The fraction of sp³-hybridized carbons (Fsp3) is 0.381. The molecule has 0 aliphatic rings. The number of ether oxygens (including phenoxy) is 1. The third-order valence-corrected chi connectivity index (χ3v) is 5.97. The zero-order valence-corrected chi connectivity index (χ0v) is 17.8. The number of thiophene rings is 1. The number of nitrogens with zero attached hydrogens (tertiary/aromatic N) is 3. The van der Waals surface area contributed by atoms with Gasteiger partial charge in [-0.15, -0.1) is 11.3 Å². The Kier molecular flexibility index (Phi) is 6.14. The Morgan fingerprint density at radius 3 is 2.57 bits per heavy atom. The minimum atomic E-state index is -0.102. The normalized spacial score (nSPS) is 10.9. The summed E-state index contributed by atoms with van der Waals surface area (Å²) in [4.78, 5) is 25.9. The maximum absolute atomic E-state index is 12.9. The van der Waals surface area contributed by atoms with Crippen LogP contribution in [-0.4, -0.2) is 36.1 Å². The predicted molar refractivity (Wildman–Crippen MR) is 115 cm³/mol. The van der Waals surface area contributed by atoms with Crippen LogP contribution >= 0.6 is 11.3 Å². The van der Waals surface area contributed by atoms with E-state index < -0.39 is 0 Å². The van der Waals surface area contributed by atoms with E-state index in [2.05, 4.69) is 34.0 Å². The molecule has 7 heteroatoms. The molecule has 0 aliphatic heterocycles. The Morgan fingerprint density at radius 2 is 1.89 bits per heavy atom. The van der Waals surface area contributed by atoms with Crippen molar-refractivity contribution in [3.05, 3.63) is 46.1 Å². The van der Waals surface area contributed by atoms with Gasteiger partial charge in [0.1, 0.15) is 22.2 Å². The van der Waals surface area contributed by atoms with Gasteiger partial charge in [0.15, 0.2) is 0 Å². The van der Waals surface area contributed by atoms with E-state index in [1.807, 2.05) is 38.1 Å². The first-order valence-electron chi connectivity index (χ1n) is 9.42. The molecule has 0 spiro atoms. The molecule has 28 heavy (non-hydrogen) atoms. The van der Waals surface area contributed by atoms with Crippen molar-refractivity contribution in [1.82, 2.24) is 15.3 Å². The SMILES string of the molecule is CCN(CC)c1nc(C)nc2sc(C(=O)NCc3ccccc3OC)c(C)c12. The summed E-state index contributed by atoms with van der Waals surface area (Å²) in [6.45, 7) is 10.2.